The topological polar surface area (TPSA) is 42.2 Å². The summed E-state index contributed by atoms with van der Waals surface area (Å²) in [5.74, 6) is 1.45. The summed E-state index contributed by atoms with van der Waals surface area (Å²) in [6.07, 6.45) is 7.16. The second-order valence-electron chi connectivity index (χ2n) is 7.32. The summed E-state index contributed by atoms with van der Waals surface area (Å²) in [6.45, 7) is 0. The molecule has 1 fully saturated rings. The van der Waals surface area contributed by atoms with Gasteiger partial charge in [0.1, 0.15) is 5.76 Å². The second-order valence-corrected chi connectivity index (χ2v) is 7.32. The quantitative estimate of drug-likeness (QED) is 0.655. The first kappa shape index (κ1) is 17.6. The van der Waals surface area contributed by atoms with Crippen molar-refractivity contribution in [3.63, 3.8) is 0 Å². The molecule has 4 rings (SSSR count). The van der Waals surface area contributed by atoms with Gasteiger partial charge < -0.3 is 9.73 Å². The minimum Gasteiger partial charge on any atom is -0.469 e. The number of carbonyl (C=O) groups excluding carboxylic acids is 1. The highest BCUT2D eigenvalue weighted by Gasteiger charge is 2.28. The molecule has 1 aliphatic carbocycles. The number of hydrogen-bond donors (Lipinski definition) is 1. The molecule has 27 heavy (non-hydrogen) atoms. The first-order valence-corrected chi connectivity index (χ1v) is 9.79. The maximum absolute atomic E-state index is 13.1. The fraction of sp³-hybridized carbons (Fsp3) is 0.292. The van der Waals surface area contributed by atoms with E-state index in [1.807, 2.05) is 66.7 Å². The summed E-state index contributed by atoms with van der Waals surface area (Å²) in [7, 11) is 0. The maximum atomic E-state index is 13.1. The van der Waals surface area contributed by atoms with Crippen molar-refractivity contribution in [1.82, 2.24) is 5.32 Å². The van der Waals surface area contributed by atoms with Gasteiger partial charge in [0.15, 0.2) is 0 Å². The number of furan rings is 1. The molecular weight excluding hydrogens is 334 g/mol. The summed E-state index contributed by atoms with van der Waals surface area (Å²) in [6, 6.07) is 22.1. The Labute approximate surface area is 160 Å². The number of amides is 1. The van der Waals surface area contributed by atoms with E-state index in [1.165, 1.54) is 12.8 Å². The molecule has 0 spiro atoms. The zero-order chi connectivity index (χ0) is 18.5. The standard InChI is InChI=1S/C24H25NO2/c26-24(22-14-6-5-13-21(22)18-9-2-1-3-10-18)25-23-15-7-4-11-19(23)17-20-12-8-16-27-20/h1-3,5-6,8-10,12-14,16,19,23H,4,7,11,15,17H2,(H,25,26)/t19-,23-/m1/s1. The minimum absolute atomic E-state index is 0.0193. The number of carbonyl (C=O) groups is 1. The monoisotopic (exact) mass is 359 g/mol. The van der Waals surface area contributed by atoms with Gasteiger partial charge in [-0.3, -0.25) is 4.79 Å². The Hall–Kier alpha value is -2.81. The number of benzene rings is 2. The van der Waals surface area contributed by atoms with Gasteiger partial charge in [0, 0.05) is 18.0 Å². The van der Waals surface area contributed by atoms with E-state index in [-0.39, 0.29) is 11.9 Å². The highest BCUT2D eigenvalue weighted by molar-refractivity contribution is 6.01. The van der Waals surface area contributed by atoms with Crippen molar-refractivity contribution in [2.45, 2.75) is 38.1 Å². The van der Waals surface area contributed by atoms with Crippen LogP contribution in [0, 0.1) is 5.92 Å². The molecule has 3 aromatic rings. The van der Waals surface area contributed by atoms with Crippen molar-refractivity contribution in [2.24, 2.45) is 5.92 Å². The van der Waals surface area contributed by atoms with E-state index >= 15 is 0 Å². The molecule has 1 aromatic heterocycles. The summed E-state index contributed by atoms with van der Waals surface area (Å²) < 4.78 is 5.54. The first-order valence-electron chi connectivity index (χ1n) is 9.79. The van der Waals surface area contributed by atoms with Crippen LogP contribution in [0.25, 0.3) is 11.1 Å². The Balaban J connectivity index is 1.53. The van der Waals surface area contributed by atoms with Crippen molar-refractivity contribution in [3.05, 3.63) is 84.3 Å². The van der Waals surface area contributed by atoms with Gasteiger partial charge in [0.05, 0.1) is 6.26 Å². The molecule has 1 saturated carbocycles. The van der Waals surface area contributed by atoms with Crippen LogP contribution in [0.3, 0.4) is 0 Å². The van der Waals surface area contributed by atoms with Gasteiger partial charge in [-0.15, -0.1) is 0 Å². The summed E-state index contributed by atoms with van der Waals surface area (Å²) in [5.41, 5.74) is 2.79. The van der Waals surface area contributed by atoms with Crippen molar-refractivity contribution in [2.75, 3.05) is 0 Å². The second kappa shape index (κ2) is 8.26. The van der Waals surface area contributed by atoms with Crippen LogP contribution >= 0.6 is 0 Å². The van der Waals surface area contributed by atoms with E-state index in [0.29, 0.717) is 5.92 Å². The third-order valence-corrected chi connectivity index (χ3v) is 5.53. The number of rotatable bonds is 5. The van der Waals surface area contributed by atoms with Crippen LogP contribution in [0.5, 0.6) is 0 Å². The summed E-state index contributed by atoms with van der Waals surface area (Å²) in [4.78, 5) is 13.1. The SMILES string of the molecule is O=C(N[C@@H]1CCCC[C@@H]1Cc1ccco1)c1ccccc1-c1ccccc1. The number of hydrogen-bond acceptors (Lipinski definition) is 2. The van der Waals surface area contributed by atoms with Gasteiger partial charge in [-0.25, -0.2) is 0 Å². The molecule has 2 aromatic carbocycles. The van der Waals surface area contributed by atoms with Crippen LogP contribution < -0.4 is 5.32 Å². The van der Waals surface area contributed by atoms with Crippen molar-refractivity contribution >= 4 is 5.91 Å². The average Bonchev–Trinajstić information content (AvgIpc) is 3.23. The van der Waals surface area contributed by atoms with Crippen LogP contribution in [0.4, 0.5) is 0 Å². The van der Waals surface area contributed by atoms with Gasteiger partial charge in [-0.1, -0.05) is 61.4 Å². The van der Waals surface area contributed by atoms with E-state index in [1.54, 1.807) is 6.26 Å². The number of nitrogens with one attached hydrogen (secondary N) is 1. The van der Waals surface area contributed by atoms with Crippen molar-refractivity contribution < 1.29 is 9.21 Å². The lowest BCUT2D eigenvalue weighted by Gasteiger charge is -2.32. The predicted molar refractivity (Wildman–Crippen MR) is 108 cm³/mol. The molecule has 0 unspecified atom stereocenters. The average molecular weight is 359 g/mol. The van der Waals surface area contributed by atoms with Gasteiger partial charge in [0.25, 0.3) is 5.91 Å². The molecule has 0 bridgehead atoms. The van der Waals surface area contributed by atoms with Crippen LogP contribution in [0.15, 0.2) is 77.4 Å². The zero-order valence-corrected chi connectivity index (χ0v) is 15.4. The third kappa shape index (κ3) is 4.13. The summed E-state index contributed by atoms with van der Waals surface area (Å²) in [5, 5.41) is 3.33. The van der Waals surface area contributed by atoms with E-state index in [2.05, 4.69) is 5.32 Å². The van der Waals surface area contributed by atoms with Gasteiger partial charge in [-0.2, -0.15) is 0 Å². The molecule has 138 valence electrons. The van der Waals surface area contributed by atoms with Gasteiger partial charge >= 0.3 is 0 Å². The molecule has 1 N–H and O–H groups in total. The van der Waals surface area contributed by atoms with Crippen LogP contribution in [-0.2, 0) is 6.42 Å². The van der Waals surface area contributed by atoms with Crippen molar-refractivity contribution in [1.29, 1.82) is 0 Å². The Morgan fingerprint density at radius 1 is 0.926 bits per heavy atom. The Kier molecular flexibility index (Phi) is 5.38. The Morgan fingerprint density at radius 3 is 2.52 bits per heavy atom. The zero-order valence-electron chi connectivity index (χ0n) is 15.4. The molecule has 1 heterocycles. The lowest BCUT2D eigenvalue weighted by atomic mass is 9.81. The van der Waals surface area contributed by atoms with Gasteiger partial charge in [-0.05, 0) is 48.1 Å². The molecule has 1 aliphatic rings. The molecule has 3 nitrogen and oxygen atoms in total. The van der Waals surface area contributed by atoms with Crippen LogP contribution in [0.1, 0.15) is 41.8 Å². The van der Waals surface area contributed by atoms with Gasteiger partial charge in [0.2, 0.25) is 0 Å². The molecular formula is C24H25NO2. The van der Waals surface area contributed by atoms with E-state index in [9.17, 15) is 4.79 Å². The smallest absolute Gasteiger partial charge is 0.252 e. The highest BCUT2D eigenvalue weighted by atomic mass is 16.3. The molecule has 0 saturated heterocycles. The first-order chi connectivity index (χ1) is 13.3. The predicted octanol–water partition coefficient (Wildman–Crippen LogP) is 5.48. The van der Waals surface area contributed by atoms with Crippen molar-refractivity contribution in [3.8, 4) is 11.1 Å². The minimum atomic E-state index is 0.0193. The third-order valence-electron chi connectivity index (χ3n) is 5.53. The molecule has 0 radical (unpaired) electrons. The lowest BCUT2D eigenvalue weighted by Crippen LogP contribution is -2.43. The lowest BCUT2D eigenvalue weighted by molar-refractivity contribution is 0.0904. The largest absolute Gasteiger partial charge is 0.469 e. The van der Waals surface area contributed by atoms with E-state index in [0.717, 1.165) is 41.7 Å². The summed E-state index contributed by atoms with van der Waals surface area (Å²) >= 11 is 0. The fourth-order valence-electron chi connectivity index (χ4n) is 4.13. The molecule has 0 aliphatic heterocycles. The maximum Gasteiger partial charge on any atom is 0.252 e. The van der Waals surface area contributed by atoms with E-state index in [4.69, 9.17) is 4.42 Å². The van der Waals surface area contributed by atoms with E-state index < -0.39 is 0 Å². The highest BCUT2D eigenvalue weighted by Crippen LogP contribution is 2.29. The Morgan fingerprint density at radius 2 is 1.70 bits per heavy atom. The normalized spacial score (nSPS) is 19.6. The molecule has 1 amide bonds. The Bertz CT molecular complexity index is 870. The molecule has 2 atom stereocenters. The fourth-order valence-corrected chi connectivity index (χ4v) is 4.13. The van der Waals surface area contributed by atoms with Crippen LogP contribution in [0.2, 0.25) is 0 Å². The molecule has 3 heteroatoms. The van der Waals surface area contributed by atoms with Crippen LogP contribution in [-0.4, -0.2) is 11.9 Å².